The molecule has 0 radical (unpaired) electrons. The Labute approximate surface area is 170 Å². The molecule has 1 aliphatic heterocycles. The second-order valence-corrected chi connectivity index (χ2v) is 6.98. The quantitative estimate of drug-likeness (QED) is 0.520. The monoisotopic (exact) mass is 408 g/mol. The molecule has 0 saturated carbocycles. The highest BCUT2D eigenvalue weighted by molar-refractivity contribution is 5.83. The average molecular weight is 408 g/mol. The number of carbonyl (C=O) groups excluding carboxylic acids is 1. The number of nitrogens with one attached hydrogen (secondary N) is 1. The van der Waals surface area contributed by atoms with Crippen molar-refractivity contribution in [2.24, 2.45) is 0 Å². The van der Waals surface area contributed by atoms with Gasteiger partial charge in [0.2, 0.25) is 11.6 Å². The van der Waals surface area contributed by atoms with Crippen LogP contribution in [0.5, 0.6) is 0 Å². The Morgan fingerprint density at radius 3 is 2.77 bits per heavy atom. The van der Waals surface area contributed by atoms with Crippen molar-refractivity contribution in [3.8, 4) is 0 Å². The number of ether oxygens (including phenoxy) is 1. The highest BCUT2D eigenvalue weighted by Gasteiger charge is 2.22. The molecular formula is C20H20N6O4. The van der Waals surface area contributed by atoms with Crippen LogP contribution in [0.2, 0.25) is 0 Å². The van der Waals surface area contributed by atoms with Crippen molar-refractivity contribution in [1.29, 1.82) is 0 Å². The molecule has 4 heterocycles. The van der Waals surface area contributed by atoms with Gasteiger partial charge in [-0.15, -0.1) is 5.10 Å². The Hall–Kier alpha value is -3.66. The van der Waals surface area contributed by atoms with Crippen LogP contribution < -0.4 is 15.9 Å². The van der Waals surface area contributed by atoms with Crippen molar-refractivity contribution in [3.05, 3.63) is 58.9 Å². The van der Waals surface area contributed by atoms with Crippen molar-refractivity contribution in [3.63, 3.8) is 0 Å². The zero-order valence-electron chi connectivity index (χ0n) is 16.2. The third-order valence-corrected chi connectivity index (χ3v) is 5.03. The largest absolute Gasteiger partial charge is 0.467 e. The van der Waals surface area contributed by atoms with Crippen LogP contribution >= 0.6 is 0 Å². The summed E-state index contributed by atoms with van der Waals surface area (Å²) < 4.78 is 13.3. The molecule has 4 aromatic rings. The van der Waals surface area contributed by atoms with Gasteiger partial charge >= 0.3 is 5.69 Å². The number of aromatic nitrogens is 4. The van der Waals surface area contributed by atoms with Gasteiger partial charge in [0, 0.05) is 13.1 Å². The van der Waals surface area contributed by atoms with Gasteiger partial charge in [-0.05, 0) is 24.3 Å². The third kappa shape index (κ3) is 3.30. The molecule has 10 heteroatoms. The molecule has 1 fully saturated rings. The molecule has 0 aliphatic carbocycles. The summed E-state index contributed by atoms with van der Waals surface area (Å²) in [4.78, 5) is 32.3. The second-order valence-electron chi connectivity index (χ2n) is 6.98. The van der Waals surface area contributed by atoms with E-state index in [0.717, 1.165) is 0 Å². The minimum atomic E-state index is -0.383. The number of fused-ring (bicyclic) bond motifs is 3. The van der Waals surface area contributed by atoms with Gasteiger partial charge in [-0.1, -0.05) is 12.1 Å². The number of para-hydroxylation sites is 2. The molecule has 0 atom stereocenters. The summed E-state index contributed by atoms with van der Waals surface area (Å²) in [6, 6.07) is 10.9. The predicted molar refractivity (Wildman–Crippen MR) is 108 cm³/mol. The first-order valence-electron chi connectivity index (χ1n) is 9.71. The van der Waals surface area contributed by atoms with E-state index in [1.807, 2.05) is 24.3 Å². The number of anilines is 1. The smallest absolute Gasteiger partial charge is 0.351 e. The van der Waals surface area contributed by atoms with E-state index in [-0.39, 0.29) is 24.7 Å². The fourth-order valence-corrected chi connectivity index (χ4v) is 3.56. The summed E-state index contributed by atoms with van der Waals surface area (Å²) in [5.41, 5.74) is 1.39. The van der Waals surface area contributed by atoms with E-state index in [4.69, 9.17) is 14.1 Å². The van der Waals surface area contributed by atoms with Crippen LogP contribution in [0.15, 0.2) is 51.9 Å². The number of morpholine rings is 1. The number of hydrogen-bond acceptors (Lipinski definition) is 7. The highest BCUT2D eigenvalue weighted by atomic mass is 16.5. The van der Waals surface area contributed by atoms with Gasteiger partial charge < -0.3 is 19.4 Å². The molecule has 0 unspecified atom stereocenters. The van der Waals surface area contributed by atoms with Gasteiger partial charge in [0.1, 0.15) is 12.3 Å². The average Bonchev–Trinajstić information content (AvgIpc) is 3.41. The second kappa shape index (κ2) is 7.64. The summed E-state index contributed by atoms with van der Waals surface area (Å²) >= 11 is 0. The molecule has 0 spiro atoms. The van der Waals surface area contributed by atoms with E-state index in [2.05, 4.69) is 15.3 Å². The molecular weight excluding hydrogens is 388 g/mol. The van der Waals surface area contributed by atoms with Crippen molar-refractivity contribution in [1.82, 2.24) is 24.5 Å². The Balaban J connectivity index is 1.53. The van der Waals surface area contributed by atoms with E-state index < -0.39 is 0 Å². The number of amides is 1. The van der Waals surface area contributed by atoms with Crippen LogP contribution in [0.3, 0.4) is 0 Å². The summed E-state index contributed by atoms with van der Waals surface area (Å²) in [5, 5.41) is 7.20. The van der Waals surface area contributed by atoms with Crippen LogP contribution in [0.1, 0.15) is 5.76 Å². The molecule has 154 valence electrons. The maximum atomic E-state index is 13.1. The van der Waals surface area contributed by atoms with E-state index in [1.54, 1.807) is 18.4 Å². The molecule has 1 saturated heterocycles. The van der Waals surface area contributed by atoms with Crippen LogP contribution in [0.4, 0.5) is 5.82 Å². The maximum Gasteiger partial charge on any atom is 0.351 e. The zero-order chi connectivity index (χ0) is 20.5. The molecule has 0 bridgehead atoms. The van der Waals surface area contributed by atoms with Crippen LogP contribution in [-0.2, 0) is 22.6 Å². The fourth-order valence-electron chi connectivity index (χ4n) is 3.56. The van der Waals surface area contributed by atoms with Crippen molar-refractivity contribution in [2.75, 3.05) is 31.2 Å². The minimum Gasteiger partial charge on any atom is -0.467 e. The number of carbonyl (C=O) groups is 1. The van der Waals surface area contributed by atoms with Crippen LogP contribution in [0, 0.1) is 0 Å². The fraction of sp³-hybridized carbons (Fsp3) is 0.300. The predicted octanol–water partition coefficient (Wildman–Crippen LogP) is 0.790. The van der Waals surface area contributed by atoms with E-state index >= 15 is 0 Å². The Kier molecular flexibility index (Phi) is 4.68. The Bertz CT molecular complexity index is 1250. The standard InChI is InChI=1S/C20H20N6O4/c27-17(21-12-14-4-3-9-30-14)13-25-20(28)26-16-6-2-1-5-15(16)22-18(19(26)23-25)24-7-10-29-11-8-24/h1-6,9H,7-8,10-13H2,(H,21,27). The lowest BCUT2D eigenvalue weighted by molar-refractivity contribution is -0.122. The Morgan fingerprint density at radius 1 is 1.13 bits per heavy atom. The lowest BCUT2D eigenvalue weighted by Crippen LogP contribution is -2.37. The number of hydrogen-bond donors (Lipinski definition) is 1. The summed E-state index contributed by atoms with van der Waals surface area (Å²) in [7, 11) is 0. The molecule has 1 aliphatic rings. The van der Waals surface area contributed by atoms with E-state index in [0.29, 0.717) is 54.6 Å². The highest BCUT2D eigenvalue weighted by Crippen LogP contribution is 2.23. The van der Waals surface area contributed by atoms with Crippen molar-refractivity contribution in [2.45, 2.75) is 13.1 Å². The number of nitrogens with zero attached hydrogens (tertiary/aromatic N) is 5. The topological polar surface area (TPSA) is 107 Å². The van der Waals surface area contributed by atoms with Gasteiger partial charge in [-0.25, -0.2) is 18.9 Å². The van der Waals surface area contributed by atoms with Crippen molar-refractivity contribution < 1.29 is 13.9 Å². The molecule has 1 aromatic carbocycles. The number of furan rings is 1. The summed E-state index contributed by atoms with van der Waals surface area (Å²) in [6.07, 6.45) is 1.54. The molecule has 5 rings (SSSR count). The van der Waals surface area contributed by atoms with Crippen LogP contribution in [0.25, 0.3) is 16.7 Å². The number of rotatable bonds is 5. The molecule has 30 heavy (non-hydrogen) atoms. The van der Waals surface area contributed by atoms with Crippen molar-refractivity contribution >= 4 is 28.4 Å². The van der Waals surface area contributed by atoms with E-state index in [9.17, 15) is 9.59 Å². The SMILES string of the molecule is O=C(Cn1nc2c(N3CCOCC3)nc3ccccc3n2c1=O)NCc1ccco1. The van der Waals surface area contributed by atoms with Gasteiger partial charge in [-0.3, -0.25) is 4.79 Å². The van der Waals surface area contributed by atoms with Crippen LogP contribution in [-0.4, -0.2) is 51.4 Å². The molecule has 10 nitrogen and oxygen atoms in total. The first kappa shape index (κ1) is 18.4. The van der Waals surface area contributed by atoms with Gasteiger partial charge in [0.25, 0.3) is 0 Å². The summed E-state index contributed by atoms with van der Waals surface area (Å²) in [5.74, 6) is 0.918. The first-order valence-corrected chi connectivity index (χ1v) is 9.71. The third-order valence-electron chi connectivity index (χ3n) is 5.03. The normalized spacial score (nSPS) is 14.5. The maximum absolute atomic E-state index is 13.1. The van der Waals surface area contributed by atoms with E-state index in [1.165, 1.54) is 9.08 Å². The lowest BCUT2D eigenvalue weighted by atomic mass is 10.3. The molecule has 1 N–H and O–H groups in total. The van der Waals surface area contributed by atoms with Gasteiger partial charge in [-0.2, -0.15) is 0 Å². The minimum absolute atomic E-state index is 0.196. The van der Waals surface area contributed by atoms with Gasteiger partial charge in [0.05, 0.1) is 37.1 Å². The first-order chi connectivity index (χ1) is 14.7. The van der Waals surface area contributed by atoms with Gasteiger partial charge in [0.15, 0.2) is 5.82 Å². The Morgan fingerprint density at radius 2 is 1.97 bits per heavy atom. The molecule has 1 amide bonds. The lowest BCUT2D eigenvalue weighted by Gasteiger charge is -2.27. The zero-order valence-corrected chi connectivity index (χ0v) is 16.2. The molecule has 3 aromatic heterocycles. The number of benzene rings is 1. The summed E-state index contributed by atoms with van der Waals surface area (Å²) in [6.45, 7) is 2.54.